The first kappa shape index (κ1) is 8.56. The van der Waals surface area contributed by atoms with Gasteiger partial charge in [-0.2, -0.15) is 11.8 Å². The number of hydrogen-bond acceptors (Lipinski definition) is 3. The largest absolute Gasteiger partial charge is 0.329 e. The van der Waals surface area contributed by atoms with Crippen LogP contribution in [0.4, 0.5) is 0 Å². The molecule has 0 saturated carbocycles. The summed E-state index contributed by atoms with van der Waals surface area (Å²) in [5.41, 5.74) is 6.63. The second-order valence-electron chi connectivity index (χ2n) is 2.21. The van der Waals surface area contributed by atoms with Crippen molar-refractivity contribution in [1.82, 2.24) is 4.98 Å². The van der Waals surface area contributed by atoms with Crippen LogP contribution in [-0.4, -0.2) is 17.8 Å². The lowest BCUT2D eigenvalue weighted by Crippen LogP contribution is -2.09. The SMILES string of the molecule is CSC(CN)c1ccccn1. The molecule has 1 atom stereocenters. The highest BCUT2D eigenvalue weighted by atomic mass is 32.2. The predicted molar refractivity (Wildman–Crippen MR) is 49.5 cm³/mol. The number of hydrogen-bond donors (Lipinski definition) is 1. The van der Waals surface area contributed by atoms with Crippen molar-refractivity contribution in [2.75, 3.05) is 12.8 Å². The zero-order chi connectivity index (χ0) is 8.10. The monoisotopic (exact) mass is 168 g/mol. The second-order valence-corrected chi connectivity index (χ2v) is 3.26. The molecule has 0 spiro atoms. The molecule has 1 aromatic rings. The second kappa shape index (κ2) is 4.36. The number of rotatable bonds is 3. The summed E-state index contributed by atoms with van der Waals surface area (Å²) in [6.45, 7) is 0.651. The maximum absolute atomic E-state index is 5.55. The van der Waals surface area contributed by atoms with Gasteiger partial charge in [-0.05, 0) is 18.4 Å². The van der Waals surface area contributed by atoms with Crippen LogP contribution in [0.1, 0.15) is 10.9 Å². The van der Waals surface area contributed by atoms with Gasteiger partial charge in [-0.3, -0.25) is 4.98 Å². The number of nitrogens with zero attached hydrogens (tertiary/aromatic N) is 1. The molecule has 0 aliphatic carbocycles. The van der Waals surface area contributed by atoms with Crippen molar-refractivity contribution in [3.8, 4) is 0 Å². The minimum Gasteiger partial charge on any atom is -0.329 e. The molecule has 0 saturated heterocycles. The highest BCUT2D eigenvalue weighted by Gasteiger charge is 2.06. The molecule has 2 nitrogen and oxygen atoms in total. The van der Waals surface area contributed by atoms with Crippen molar-refractivity contribution in [1.29, 1.82) is 0 Å². The number of pyridine rings is 1. The molecule has 1 heterocycles. The minimum absolute atomic E-state index is 0.344. The summed E-state index contributed by atoms with van der Waals surface area (Å²) >= 11 is 1.74. The van der Waals surface area contributed by atoms with Gasteiger partial charge < -0.3 is 5.73 Å². The Morgan fingerprint density at radius 3 is 2.91 bits per heavy atom. The van der Waals surface area contributed by atoms with Crippen LogP contribution in [0.2, 0.25) is 0 Å². The van der Waals surface area contributed by atoms with E-state index in [0.29, 0.717) is 11.8 Å². The Bertz CT molecular complexity index is 197. The molecule has 0 bridgehead atoms. The lowest BCUT2D eigenvalue weighted by Gasteiger charge is -2.09. The van der Waals surface area contributed by atoms with Crippen LogP contribution in [0.3, 0.4) is 0 Å². The molecule has 2 N–H and O–H groups in total. The van der Waals surface area contributed by atoms with Gasteiger partial charge in [0.25, 0.3) is 0 Å². The van der Waals surface area contributed by atoms with Crippen LogP contribution in [0.5, 0.6) is 0 Å². The maximum Gasteiger partial charge on any atom is 0.0589 e. The fourth-order valence-electron chi connectivity index (χ4n) is 0.904. The molecule has 0 amide bonds. The molecule has 1 unspecified atom stereocenters. The van der Waals surface area contributed by atoms with E-state index in [1.165, 1.54) is 0 Å². The van der Waals surface area contributed by atoms with E-state index in [-0.39, 0.29) is 0 Å². The van der Waals surface area contributed by atoms with Gasteiger partial charge in [-0.15, -0.1) is 0 Å². The predicted octanol–water partition coefficient (Wildman–Crippen LogP) is 1.44. The molecule has 0 aliphatic heterocycles. The van der Waals surface area contributed by atoms with Crippen LogP contribution < -0.4 is 5.73 Å². The third-order valence-corrected chi connectivity index (χ3v) is 2.52. The Morgan fingerprint density at radius 2 is 2.45 bits per heavy atom. The van der Waals surface area contributed by atoms with E-state index in [2.05, 4.69) is 4.98 Å². The van der Waals surface area contributed by atoms with Crippen LogP contribution in [-0.2, 0) is 0 Å². The first-order valence-corrected chi connectivity index (χ1v) is 4.81. The van der Waals surface area contributed by atoms with Gasteiger partial charge in [0.05, 0.1) is 10.9 Å². The first-order valence-electron chi connectivity index (χ1n) is 3.52. The molecule has 0 aliphatic rings. The zero-order valence-corrected chi connectivity index (χ0v) is 7.34. The molecule has 0 fully saturated rings. The van der Waals surface area contributed by atoms with Gasteiger partial charge in [-0.25, -0.2) is 0 Å². The van der Waals surface area contributed by atoms with Crippen molar-refractivity contribution < 1.29 is 0 Å². The molecule has 1 rings (SSSR count). The fraction of sp³-hybridized carbons (Fsp3) is 0.375. The van der Waals surface area contributed by atoms with E-state index in [9.17, 15) is 0 Å². The third-order valence-electron chi connectivity index (χ3n) is 1.52. The topological polar surface area (TPSA) is 38.9 Å². The van der Waals surface area contributed by atoms with E-state index in [0.717, 1.165) is 5.69 Å². The summed E-state index contributed by atoms with van der Waals surface area (Å²) in [5, 5.41) is 0.344. The van der Waals surface area contributed by atoms with Gasteiger partial charge in [0, 0.05) is 12.7 Å². The van der Waals surface area contributed by atoms with E-state index in [1.54, 1.807) is 18.0 Å². The minimum atomic E-state index is 0.344. The number of nitrogens with two attached hydrogens (primary N) is 1. The highest BCUT2D eigenvalue weighted by molar-refractivity contribution is 7.98. The Labute approximate surface area is 71.2 Å². The van der Waals surface area contributed by atoms with Gasteiger partial charge in [0.1, 0.15) is 0 Å². The molecule has 0 aromatic carbocycles. The van der Waals surface area contributed by atoms with E-state index >= 15 is 0 Å². The standard InChI is InChI=1S/C8H12N2S/c1-11-8(6-9)7-4-2-3-5-10-7/h2-5,8H,6,9H2,1H3. The molecular formula is C8H12N2S. The van der Waals surface area contributed by atoms with Gasteiger partial charge in [0.15, 0.2) is 0 Å². The van der Waals surface area contributed by atoms with Crippen LogP contribution >= 0.6 is 11.8 Å². The van der Waals surface area contributed by atoms with Gasteiger partial charge >= 0.3 is 0 Å². The van der Waals surface area contributed by atoms with E-state index in [4.69, 9.17) is 5.73 Å². The Hall–Kier alpha value is -0.540. The fourth-order valence-corrected chi connectivity index (χ4v) is 1.48. The number of thioether (sulfide) groups is 1. The summed E-state index contributed by atoms with van der Waals surface area (Å²) in [4.78, 5) is 4.22. The Morgan fingerprint density at radius 1 is 1.64 bits per heavy atom. The molecular weight excluding hydrogens is 156 g/mol. The van der Waals surface area contributed by atoms with Crippen LogP contribution in [0, 0.1) is 0 Å². The maximum atomic E-state index is 5.55. The van der Waals surface area contributed by atoms with Crippen molar-refractivity contribution in [3.05, 3.63) is 30.1 Å². The van der Waals surface area contributed by atoms with Crippen LogP contribution in [0.25, 0.3) is 0 Å². The average molecular weight is 168 g/mol. The van der Waals surface area contributed by atoms with Crippen LogP contribution in [0.15, 0.2) is 24.4 Å². The highest BCUT2D eigenvalue weighted by Crippen LogP contribution is 2.22. The smallest absolute Gasteiger partial charge is 0.0589 e. The average Bonchev–Trinajstić information content (AvgIpc) is 2.09. The van der Waals surface area contributed by atoms with Crippen molar-refractivity contribution in [3.63, 3.8) is 0 Å². The summed E-state index contributed by atoms with van der Waals surface area (Å²) < 4.78 is 0. The quantitative estimate of drug-likeness (QED) is 0.742. The summed E-state index contributed by atoms with van der Waals surface area (Å²) in [5.74, 6) is 0. The van der Waals surface area contributed by atoms with Crippen molar-refractivity contribution in [2.45, 2.75) is 5.25 Å². The van der Waals surface area contributed by atoms with Gasteiger partial charge in [-0.1, -0.05) is 6.07 Å². The molecule has 3 heteroatoms. The van der Waals surface area contributed by atoms with Crippen molar-refractivity contribution >= 4 is 11.8 Å². The zero-order valence-electron chi connectivity index (χ0n) is 6.53. The lowest BCUT2D eigenvalue weighted by atomic mass is 10.3. The summed E-state index contributed by atoms with van der Waals surface area (Å²) in [6.07, 6.45) is 3.85. The van der Waals surface area contributed by atoms with E-state index < -0.39 is 0 Å². The normalized spacial score (nSPS) is 12.9. The van der Waals surface area contributed by atoms with Crippen molar-refractivity contribution in [2.24, 2.45) is 5.73 Å². The molecule has 0 radical (unpaired) electrons. The molecule has 60 valence electrons. The third kappa shape index (κ3) is 2.20. The van der Waals surface area contributed by atoms with E-state index in [1.807, 2.05) is 24.5 Å². The molecule has 1 aromatic heterocycles. The summed E-state index contributed by atoms with van der Waals surface area (Å²) in [7, 11) is 0. The number of aromatic nitrogens is 1. The Kier molecular flexibility index (Phi) is 3.39. The van der Waals surface area contributed by atoms with Gasteiger partial charge in [0.2, 0.25) is 0 Å². The lowest BCUT2D eigenvalue weighted by molar-refractivity contribution is 0.901. The first-order chi connectivity index (χ1) is 5.38. The summed E-state index contributed by atoms with van der Waals surface area (Å²) in [6, 6.07) is 5.91. The Balaban J connectivity index is 2.74. The molecule has 11 heavy (non-hydrogen) atoms.